The molecule has 0 radical (unpaired) electrons. The predicted octanol–water partition coefficient (Wildman–Crippen LogP) is 2.08. The third-order valence-electron chi connectivity index (χ3n) is 5.32. The Morgan fingerprint density at radius 1 is 1.36 bits per heavy atom. The fourth-order valence-electron chi connectivity index (χ4n) is 2.62. The van der Waals surface area contributed by atoms with Crippen LogP contribution >= 0.6 is 0 Å². The van der Waals surface area contributed by atoms with Crippen molar-refractivity contribution < 1.29 is 14.3 Å². The van der Waals surface area contributed by atoms with Gasteiger partial charge in [-0.1, -0.05) is 20.8 Å². The number of imidazole rings is 1. The van der Waals surface area contributed by atoms with E-state index in [1.165, 1.54) is 6.33 Å². The van der Waals surface area contributed by atoms with Gasteiger partial charge < -0.3 is 20.0 Å². The minimum Gasteiger partial charge on any atom is -0.414 e. The zero-order valence-corrected chi connectivity index (χ0v) is 16.4. The molecule has 3 rings (SSSR count). The molecule has 0 unspecified atom stereocenters. The largest absolute Gasteiger partial charge is 0.414 e. The number of nitrogens with two attached hydrogens (primary N) is 1. The first-order valence-corrected chi connectivity index (χ1v) is 11.4. The molecule has 8 nitrogen and oxygen atoms in total. The van der Waals surface area contributed by atoms with E-state index in [1.54, 1.807) is 10.9 Å². The second-order valence-corrected chi connectivity index (χ2v) is 12.9. The van der Waals surface area contributed by atoms with Gasteiger partial charge in [0.15, 0.2) is 19.8 Å². The van der Waals surface area contributed by atoms with E-state index < -0.39 is 14.4 Å². The molecule has 0 spiro atoms. The molecule has 1 saturated heterocycles. The summed E-state index contributed by atoms with van der Waals surface area (Å²) in [5.74, 6) is 0.333. The summed E-state index contributed by atoms with van der Waals surface area (Å²) in [5, 5.41) is 10.5. The number of hydrogen-bond donors (Lipinski definition) is 2. The number of ether oxygens (including phenoxy) is 1. The molecule has 25 heavy (non-hydrogen) atoms. The number of aromatic nitrogens is 4. The molecular formula is C16H27N5O3Si. The number of aliphatic hydroxyl groups excluding tert-OH is 1. The Bertz CT molecular complexity index is 758. The average molecular weight is 366 g/mol. The van der Waals surface area contributed by atoms with E-state index in [9.17, 15) is 5.11 Å². The molecule has 2 aromatic rings. The molecular weight excluding hydrogens is 338 g/mol. The maximum Gasteiger partial charge on any atom is 0.192 e. The van der Waals surface area contributed by atoms with Crippen molar-refractivity contribution in [3.63, 3.8) is 0 Å². The summed E-state index contributed by atoms with van der Waals surface area (Å²) in [6, 6.07) is 0. The second-order valence-electron chi connectivity index (χ2n) is 8.09. The van der Waals surface area contributed by atoms with Crippen molar-refractivity contribution >= 4 is 25.3 Å². The molecule has 0 aliphatic carbocycles. The lowest BCUT2D eigenvalue weighted by Gasteiger charge is -2.37. The number of aliphatic hydroxyl groups is 1. The number of fused-ring (bicyclic) bond motifs is 1. The van der Waals surface area contributed by atoms with Gasteiger partial charge in [0.2, 0.25) is 0 Å². The van der Waals surface area contributed by atoms with Crippen LogP contribution in [-0.4, -0.2) is 51.8 Å². The van der Waals surface area contributed by atoms with Crippen LogP contribution in [0.3, 0.4) is 0 Å². The molecule has 0 aromatic carbocycles. The van der Waals surface area contributed by atoms with Crippen LogP contribution in [0.25, 0.3) is 11.2 Å². The molecule has 9 heteroatoms. The van der Waals surface area contributed by atoms with E-state index >= 15 is 0 Å². The van der Waals surface area contributed by atoms with Gasteiger partial charge in [0.25, 0.3) is 0 Å². The van der Waals surface area contributed by atoms with E-state index in [-0.39, 0.29) is 17.4 Å². The highest BCUT2D eigenvalue weighted by Gasteiger charge is 2.41. The van der Waals surface area contributed by atoms with Gasteiger partial charge in [-0.25, -0.2) is 15.0 Å². The van der Waals surface area contributed by atoms with Crippen molar-refractivity contribution in [2.24, 2.45) is 0 Å². The van der Waals surface area contributed by atoms with Crippen LogP contribution in [0, 0.1) is 0 Å². The minimum atomic E-state index is -1.89. The van der Waals surface area contributed by atoms with Gasteiger partial charge in [0.05, 0.1) is 19.0 Å². The smallest absolute Gasteiger partial charge is 0.192 e. The van der Waals surface area contributed by atoms with Gasteiger partial charge in [-0.2, -0.15) is 0 Å². The summed E-state index contributed by atoms with van der Waals surface area (Å²) in [7, 11) is -1.89. The van der Waals surface area contributed by atoms with Crippen molar-refractivity contribution in [3.05, 3.63) is 12.7 Å². The molecule has 0 amide bonds. The van der Waals surface area contributed by atoms with E-state index in [4.69, 9.17) is 14.9 Å². The third kappa shape index (κ3) is 3.41. The van der Waals surface area contributed by atoms with Gasteiger partial charge in [0.1, 0.15) is 24.2 Å². The van der Waals surface area contributed by atoms with Crippen molar-refractivity contribution in [3.8, 4) is 0 Å². The van der Waals surface area contributed by atoms with Crippen LogP contribution in [0.5, 0.6) is 0 Å². The lowest BCUT2D eigenvalue weighted by atomic mass is 10.2. The molecule has 1 aliphatic rings. The molecule has 138 valence electrons. The predicted molar refractivity (Wildman–Crippen MR) is 97.4 cm³/mol. The monoisotopic (exact) mass is 365 g/mol. The van der Waals surface area contributed by atoms with Crippen LogP contribution in [0.2, 0.25) is 18.1 Å². The maximum atomic E-state index is 10.4. The van der Waals surface area contributed by atoms with Crippen LogP contribution in [-0.2, 0) is 9.16 Å². The first-order chi connectivity index (χ1) is 11.6. The minimum absolute atomic E-state index is 0.116. The highest BCUT2D eigenvalue weighted by Crippen LogP contribution is 2.38. The van der Waals surface area contributed by atoms with E-state index in [1.807, 2.05) is 0 Å². The topological polar surface area (TPSA) is 108 Å². The van der Waals surface area contributed by atoms with E-state index in [0.29, 0.717) is 30.0 Å². The van der Waals surface area contributed by atoms with Crippen molar-refractivity contribution in [1.29, 1.82) is 0 Å². The molecule has 0 bridgehead atoms. The van der Waals surface area contributed by atoms with E-state index in [2.05, 4.69) is 48.8 Å². The standard InChI is InChI=1S/C16H27N5O3Si/c1-16(2,3)25(4,5)23-7-11-10(22)6-12(24-11)21-9-20-13-14(17)18-8-19-15(13)21/h8-12,22H,6-7H2,1-5H3,(H2,17,18,19)/t10-,11+,12-/m1/s1. The van der Waals surface area contributed by atoms with Gasteiger partial charge in [-0.15, -0.1) is 0 Å². The molecule has 3 heterocycles. The van der Waals surface area contributed by atoms with Crippen LogP contribution < -0.4 is 5.73 Å². The van der Waals surface area contributed by atoms with Gasteiger partial charge in [0, 0.05) is 6.42 Å². The van der Waals surface area contributed by atoms with Crippen molar-refractivity contribution in [2.75, 3.05) is 12.3 Å². The van der Waals surface area contributed by atoms with Gasteiger partial charge in [-0.05, 0) is 18.1 Å². The first kappa shape index (κ1) is 18.2. The number of anilines is 1. The molecule has 0 saturated carbocycles. The van der Waals surface area contributed by atoms with E-state index in [0.717, 1.165) is 0 Å². The summed E-state index contributed by atoms with van der Waals surface area (Å²) in [6.45, 7) is 11.3. The highest BCUT2D eigenvalue weighted by atomic mass is 28.4. The molecule has 3 atom stereocenters. The van der Waals surface area contributed by atoms with Crippen LogP contribution in [0.4, 0.5) is 5.82 Å². The number of nitrogens with zero attached hydrogens (tertiary/aromatic N) is 4. The van der Waals surface area contributed by atoms with Gasteiger partial charge in [-0.3, -0.25) is 4.57 Å². The number of hydrogen-bond acceptors (Lipinski definition) is 7. The summed E-state index contributed by atoms with van der Waals surface area (Å²) in [5.41, 5.74) is 6.98. The SMILES string of the molecule is CC(C)(C)[Si](C)(C)OC[C@@H]1O[C@@H](n2cnc3c(N)ncnc32)C[C@H]1O. The Kier molecular flexibility index (Phi) is 4.61. The maximum absolute atomic E-state index is 10.4. The first-order valence-electron chi connectivity index (χ1n) is 8.50. The second kappa shape index (κ2) is 6.31. The zero-order chi connectivity index (χ0) is 18.4. The number of nitrogen functional groups attached to an aromatic ring is 1. The normalized spacial score (nSPS) is 25.0. The molecule has 1 fully saturated rings. The Hall–Kier alpha value is -1.55. The summed E-state index contributed by atoms with van der Waals surface area (Å²) < 4.78 is 14.0. The van der Waals surface area contributed by atoms with Crippen LogP contribution in [0.15, 0.2) is 12.7 Å². The third-order valence-corrected chi connectivity index (χ3v) is 9.82. The zero-order valence-electron chi connectivity index (χ0n) is 15.4. The molecule has 3 N–H and O–H groups in total. The van der Waals surface area contributed by atoms with Gasteiger partial charge >= 0.3 is 0 Å². The highest BCUT2D eigenvalue weighted by molar-refractivity contribution is 6.74. The van der Waals surface area contributed by atoms with Crippen LogP contribution in [0.1, 0.15) is 33.4 Å². The number of rotatable bonds is 4. The molecule has 2 aromatic heterocycles. The Morgan fingerprint density at radius 2 is 2.08 bits per heavy atom. The lowest BCUT2D eigenvalue weighted by Crippen LogP contribution is -2.43. The average Bonchev–Trinajstić information content (AvgIpc) is 3.08. The quantitative estimate of drug-likeness (QED) is 0.798. The Morgan fingerprint density at radius 3 is 2.76 bits per heavy atom. The fourth-order valence-corrected chi connectivity index (χ4v) is 3.64. The Balaban J connectivity index is 1.72. The fraction of sp³-hybridized carbons (Fsp3) is 0.688. The summed E-state index contributed by atoms with van der Waals surface area (Å²) in [6.07, 6.45) is 2.19. The lowest BCUT2D eigenvalue weighted by molar-refractivity contribution is -0.0405. The van der Waals surface area contributed by atoms with Crippen molar-refractivity contribution in [1.82, 2.24) is 19.5 Å². The molecule has 1 aliphatic heterocycles. The Labute approximate surface area is 148 Å². The summed E-state index contributed by atoms with van der Waals surface area (Å²) in [4.78, 5) is 12.4. The summed E-state index contributed by atoms with van der Waals surface area (Å²) >= 11 is 0. The van der Waals surface area contributed by atoms with Crippen molar-refractivity contribution in [2.45, 2.75) is 63.8 Å².